The molecule has 0 saturated carbocycles. The molecule has 0 radical (unpaired) electrons. The van der Waals surface area contributed by atoms with E-state index in [4.69, 9.17) is 4.74 Å². The van der Waals surface area contributed by atoms with Crippen molar-refractivity contribution in [1.82, 2.24) is 4.98 Å². The van der Waals surface area contributed by atoms with Crippen molar-refractivity contribution >= 4 is 28.4 Å². The van der Waals surface area contributed by atoms with Crippen molar-refractivity contribution in [1.29, 1.82) is 0 Å². The Labute approximate surface area is 152 Å². The van der Waals surface area contributed by atoms with E-state index in [1.807, 2.05) is 0 Å². The molecule has 2 aromatic carbocycles. The van der Waals surface area contributed by atoms with E-state index < -0.39 is 4.92 Å². The van der Waals surface area contributed by atoms with Gasteiger partial charge in [-0.05, 0) is 23.8 Å². The lowest BCUT2D eigenvalue weighted by Crippen LogP contribution is -1.92. The van der Waals surface area contributed by atoms with Gasteiger partial charge in [-0.25, -0.2) is 4.98 Å². The third-order valence-corrected chi connectivity index (χ3v) is 4.18. The molecule has 0 fully saturated rings. The van der Waals surface area contributed by atoms with E-state index >= 15 is 0 Å². The monoisotopic (exact) mass is 370 g/mol. The molecule has 26 heavy (non-hydrogen) atoms. The van der Waals surface area contributed by atoms with Gasteiger partial charge in [0.1, 0.15) is 0 Å². The summed E-state index contributed by atoms with van der Waals surface area (Å²) in [6, 6.07) is 11.2. The van der Waals surface area contributed by atoms with Crippen molar-refractivity contribution in [3.8, 4) is 22.8 Å². The number of ether oxygens (including phenoxy) is 1. The van der Waals surface area contributed by atoms with E-state index in [9.17, 15) is 15.2 Å². The number of benzene rings is 2. The topological polar surface area (TPSA) is 110 Å². The highest BCUT2D eigenvalue weighted by Gasteiger charge is 2.09. The third-order valence-electron chi connectivity index (χ3n) is 3.43. The zero-order valence-electron chi connectivity index (χ0n) is 13.6. The Balaban J connectivity index is 1.71. The number of nitro groups is 1. The molecule has 3 rings (SSSR count). The zero-order chi connectivity index (χ0) is 18.5. The second-order valence-corrected chi connectivity index (χ2v) is 6.00. The second-order valence-electron chi connectivity index (χ2n) is 5.15. The molecule has 132 valence electrons. The fourth-order valence-corrected chi connectivity index (χ4v) is 2.84. The Bertz CT molecular complexity index is 971. The maximum Gasteiger partial charge on any atom is 0.270 e. The number of aromatic hydroxyl groups is 1. The first-order chi connectivity index (χ1) is 12.6. The average molecular weight is 370 g/mol. The Morgan fingerprint density at radius 1 is 1.35 bits per heavy atom. The van der Waals surface area contributed by atoms with E-state index in [1.54, 1.807) is 35.9 Å². The standard InChI is InChI=1S/C17H14N4O4S/c1-25-16-7-11(5-6-15(16)22)9-18-20-17-19-14(10-26-17)12-3-2-4-13(8-12)21(23)24/h2-10,22H,1H3,(H,19,20). The molecule has 0 aliphatic rings. The summed E-state index contributed by atoms with van der Waals surface area (Å²) < 4.78 is 5.04. The van der Waals surface area contributed by atoms with E-state index in [0.717, 1.165) is 5.56 Å². The number of methoxy groups -OCH3 is 1. The first kappa shape index (κ1) is 17.4. The van der Waals surface area contributed by atoms with Crippen LogP contribution in [0.2, 0.25) is 0 Å². The summed E-state index contributed by atoms with van der Waals surface area (Å²) >= 11 is 1.33. The van der Waals surface area contributed by atoms with Gasteiger partial charge in [-0.2, -0.15) is 5.10 Å². The minimum atomic E-state index is -0.439. The number of nitrogens with zero attached hydrogens (tertiary/aromatic N) is 3. The number of non-ortho nitro benzene ring substituents is 1. The highest BCUT2D eigenvalue weighted by molar-refractivity contribution is 7.14. The summed E-state index contributed by atoms with van der Waals surface area (Å²) in [5.74, 6) is 0.412. The van der Waals surface area contributed by atoms with Gasteiger partial charge in [0.2, 0.25) is 5.13 Å². The molecule has 3 aromatic rings. The van der Waals surface area contributed by atoms with Gasteiger partial charge in [-0.15, -0.1) is 11.3 Å². The number of nitro benzene ring substituents is 1. The van der Waals surface area contributed by atoms with Gasteiger partial charge < -0.3 is 9.84 Å². The second kappa shape index (κ2) is 7.62. The molecule has 0 aliphatic heterocycles. The van der Waals surface area contributed by atoms with Crippen molar-refractivity contribution in [2.45, 2.75) is 0 Å². The zero-order valence-corrected chi connectivity index (χ0v) is 14.4. The molecular weight excluding hydrogens is 356 g/mol. The molecule has 0 atom stereocenters. The van der Waals surface area contributed by atoms with Crippen LogP contribution in [0.1, 0.15) is 5.56 Å². The quantitative estimate of drug-likeness (QED) is 0.387. The van der Waals surface area contributed by atoms with Gasteiger partial charge in [0.25, 0.3) is 5.69 Å². The van der Waals surface area contributed by atoms with Crippen LogP contribution in [0.15, 0.2) is 52.9 Å². The number of nitrogens with one attached hydrogen (secondary N) is 1. The third kappa shape index (κ3) is 3.95. The molecule has 1 heterocycles. The predicted molar refractivity (Wildman–Crippen MR) is 100 cm³/mol. The van der Waals surface area contributed by atoms with Crippen molar-refractivity contribution in [2.75, 3.05) is 12.5 Å². The summed E-state index contributed by atoms with van der Waals surface area (Å²) in [7, 11) is 1.47. The molecule has 8 nitrogen and oxygen atoms in total. The predicted octanol–water partition coefficient (Wildman–Crippen LogP) is 3.88. The number of phenolic OH excluding ortho intramolecular Hbond substituents is 1. The number of aromatic nitrogens is 1. The number of hydrogen-bond acceptors (Lipinski definition) is 8. The summed E-state index contributed by atoms with van der Waals surface area (Å²) in [6.07, 6.45) is 1.57. The van der Waals surface area contributed by atoms with Crippen LogP contribution in [0.5, 0.6) is 11.5 Å². The lowest BCUT2D eigenvalue weighted by atomic mass is 10.1. The summed E-state index contributed by atoms with van der Waals surface area (Å²) in [4.78, 5) is 14.8. The molecule has 0 bridgehead atoms. The van der Waals surface area contributed by atoms with E-state index in [2.05, 4.69) is 15.5 Å². The maximum absolute atomic E-state index is 10.9. The summed E-state index contributed by atoms with van der Waals surface area (Å²) in [6.45, 7) is 0. The SMILES string of the molecule is COc1cc(C=NNc2nc(-c3cccc([N+](=O)[O-])c3)cs2)ccc1O. The molecule has 0 amide bonds. The fourth-order valence-electron chi connectivity index (χ4n) is 2.17. The minimum Gasteiger partial charge on any atom is -0.504 e. The molecule has 2 N–H and O–H groups in total. The Kier molecular flexibility index (Phi) is 5.09. The number of hydrogen-bond donors (Lipinski definition) is 2. The average Bonchev–Trinajstić information content (AvgIpc) is 3.12. The summed E-state index contributed by atoms with van der Waals surface area (Å²) in [5.41, 5.74) is 4.86. The first-order valence-electron chi connectivity index (χ1n) is 7.43. The van der Waals surface area contributed by atoms with Crippen LogP contribution in [-0.4, -0.2) is 28.3 Å². The summed E-state index contributed by atoms with van der Waals surface area (Å²) in [5, 5.41) is 26.9. The number of phenols is 1. The normalized spacial score (nSPS) is 10.8. The Hall–Kier alpha value is -3.46. The van der Waals surface area contributed by atoms with Crippen LogP contribution in [0, 0.1) is 10.1 Å². The van der Waals surface area contributed by atoms with Crippen LogP contribution in [0.25, 0.3) is 11.3 Å². The Morgan fingerprint density at radius 3 is 2.96 bits per heavy atom. The Morgan fingerprint density at radius 2 is 2.19 bits per heavy atom. The highest BCUT2D eigenvalue weighted by atomic mass is 32.1. The van der Waals surface area contributed by atoms with E-state index in [-0.39, 0.29) is 11.4 Å². The van der Waals surface area contributed by atoms with Crippen LogP contribution in [-0.2, 0) is 0 Å². The number of thiazole rings is 1. The van der Waals surface area contributed by atoms with Crippen molar-refractivity contribution in [3.05, 3.63) is 63.5 Å². The van der Waals surface area contributed by atoms with Crippen molar-refractivity contribution < 1.29 is 14.8 Å². The van der Waals surface area contributed by atoms with Crippen LogP contribution in [0.3, 0.4) is 0 Å². The molecule has 0 spiro atoms. The highest BCUT2D eigenvalue weighted by Crippen LogP contribution is 2.28. The smallest absolute Gasteiger partial charge is 0.270 e. The fraction of sp³-hybridized carbons (Fsp3) is 0.0588. The lowest BCUT2D eigenvalue weighted by molar-refractivity contribution is -0.384. The van der Waals surface area contributed by atoms with Gasteiger partial charge in [0, 0.05) is 23.1 Å². The first-order valence-corrected chi connectivity index (χ1v) is 8.31. The van der Waals surface area contributed by atoms with E-state index in [1.165, 1.54) is 36.6 Å². The molecule has 0 aliphatic carbocycles. The molecule has 1 aromatic heterocycles. The van der Waals surface area contributed by atoms with Crippen LogP contribution < -0.4 is 10.2 Å². The van der Waals surface area contributed by atoms with E-state index in [0.29, 0.717) is 22.1 Å². The maximum atomic E-state index is 10.9. The number of hydrazone groups is 1. The van der Waals surface area contributed by atoms with Gasteiger partial charge in [-0.3, -0.25) is 15.5 Å². The number of anilines is 1. The van der Waals surface area contributed by atoms with Gasteiger partial charge in [0.15, 0.2) is 11.5 Å². The van der Waals surface area contributed by atoms with Crippen molar-refractivity contribution in [3.63, 3.8) is 0 Å². The van der Waals surface area contributed by atoms with Gasteiger partial charge >= 0.3 is 0 Å². The molecule has 0 saturated heterocycles. The lowest BCUT2D eigenvalue weighted by Gasteiger charge is -2.03. The molecule has 0 unspecified atom stereocenters. The van der Waals surface area contributed by atoms with Gasteiger partial charge in [0.05, 0.1) is 23.9 Å². The van der Waals surface area contributed by atoms with Crippen LogP contribution in [0.4, 0.5) is 10.8 Å². The van der Waals surface area contributed by atoms with Crippen LogP contribution >= 0.6 is 11.3 Å². The van der Waals surface area contributed by atoms with Crippen molar-refractivity contribution in [2.24, 2.45) is 5.10 Å². The molecular formula is C17H14N4O4S. The van der Waals surface area contributed by atoms with Gasteiger partial charge in [-0.1, -0.05) is 12.1 Å². The minimum absolute atomic E-state index is 0.0179. The number of rotatable bonds is 6. The largest absolute Gasteiger partial charge is 0.504 e. The molecule has 9 heteroatoms.